The van der Waals surface area contributed by atoms with Crippen LogP contribution in [-0.4, -0.2) is 21.2 Å². The van der Waals surface area contributed by atoms with E-state index < -0.39 is 5.97 Å². The molecule has 0 aliphatic carbocycles. The monoisotopic (exact) mass is 270 g/mol. The van der Waals surface area contributed by atoms with Gasteiger partial charge in [0.05, 0.1) is 5.69 Å². The largest absolute Gasteiger partial charge is 0.506 e. The van der Waals surface area contributed by atoms with E-state index in [4.69, 9.17) is 16.7 Å². The number of aromatic nitrogens is 1. The van der Waals surface area contributed by atoms with Crippen LogP contribution in [0.15, 0.2) is 23.6 Å². The molecule has 2 rings (SSSR count). The summed E-state index contributed by atoms with van der Waals surface area (Å²) in [6.07, 6.45) is 0. The predicted molar refractivity (Wildman–Crippen MR) is 65.5 cm³/mol. The van der Waals surface area contributed by atoms with E-state index >= 15 is 0 Å². The number of nitrogens with one attached hydrogen (secondary N) is 1. The Hall–Kier alpha value is -1.79. The van der Waals surface area contributed by atoms with Crippen molar-refractivity contribution in [2.24, 2.45) is 0 Å². The first-order chi connectivity index (χ1) is 8.06. The van der Waals surface area contributed by atoms with E-state index in [1.807, 2.05) is 0 Å². The highest BCUT2D eigenvalue weighted by Gasteiger charge is 2.10. The Labute approximate surface area is 105 Å². The molecule has 88 valence electrons. The van der Waals surface area contributed by atoms with Gasteiger partial charge in [-0.1, -0.05) is 11.6 Å². The number of aromatic hydroxyl groups is 1. The van der Waals surface area contributed by atoms with Gasteiger partial charge in [0.15, 0.2) is 10.8 Å². The van der Waals surface area contributed by atoms with Crippen molar-refractivity contribution >= 4 is 39.7 Å². The molecule has 0 amide bonds. The van der Waals surface area contributed by atoms with E-state index in [0.29, 0.717) is 15.8 Å². The molecule has 0 unspecified atom stereocenters. The zero-order valence-electron chi connectivity index (χ0n) is 8.35. The van der Waals surface area contributed by atoms with Crippen LogP contribution < -0.4 is 5.32 Å². The number of benzene rings is 1. The molecule has 1 aromatic carbocycles. The van der Waals surface area contributed by atoms with Gasteiger partial charge in [-0.2, -0.15) is 0 Å². The number of nitrogens with zero attached hydrogens (tertiary/aromatic N) is 1. The third-order valence-electron chi connectivity index (χ3n) is 1.92. The third-order valence-corrected chi connectivity index (χ3v) is 2.92. The molecule has 0 fully saturated rings. The summed E-state index contributed by atoms with van der Waals surface area (Å²) in [6.45, 7) is 0. The van der Waals surface area contributed by atoms with Crippen molar-refractivity contribution in [3.8, 4) is 5.75 Å². The lowest BCUT2D eigenvalue weighted by atomic mass is 10.3. The van der Waals surface area contributed by atoms with E-state index in [0.717, 1.165) is 11.3 Å². The molecule has 17 heavy (non-hydrogen) atoms. The van der Waals surface area contributed by atoms with Crippen LogP contribution in [0, 0.1) is 0 Å². The minimum absolute atomic E-state index is 0.0153. The molecule has 0 saturated heterocycles. The van der Waals surface area contributed by atoms with Gasteiger partial charge in [-0.15, -0.1) is 11.3 Å². The van der Waals surface area contributed by atoms with Crippen LogP contribution in [0.5, 0.6) is 5.75 Å². The maximum atomic E-state index is 10.6. The molecule has 1 heterocycles. The molecule has 0 saturated carbocycles. The number of thiazole rings is 1. The van der Waals surface area contributed by atoms with Crippen molar-refractivity contribution < 1.29 is 15.0 Å². The van der Waals surface area contributed by atoms with Gasteiger partial charge in [0.25, 0.3) is 0 Å². The van der Waals surface area contributed by atoms with Crippen molar-refractivity contribution in [1.29, 1.82) is 0 Å². The number of anilines is 2. The minimum Gasteiger partial charge on any atom is -0.506 e. The fraction of sp³-hybridized carbons (Fsp3) is 0. The molecule has 0 atom stereocenters. The Balaban J connectivity index is 2.25. The zero-order valence-corrected chi connectivity index (χ0v) is 9.92. The summed E-state index contributed by atoms with van der Waals surface area (Å²) in [7, 11) is 0. The van der Waals surface area contributed by atoms with Crippen molar-refractivity contribution in [2.45, 2.75) is 0 Å². The van der Waals surface area contributed by atoms with Crippen LogP contribution in [0.4, 0.5) is 10.8 Å². The molecule has 0 aliphatic heterocycles. The Morgan fingerprint density at radius 2 is 2.24 bits per heavy atom. The number of rotatable bonds is 3. The van der Waals surface area contributed by atoms with Gasteiger partial charge in [-0.25, -0.2) is 9.78 Å². The van der Waals surface area contributed by atoms with Gasteiger partial charge in [0.1, 0.15) is 5.75 Å². The Morgan fingerprint density at radius 1 is 1.47 bits per heavy atom. The van der Waals surface area contributed by atoms with Crippen LogP contribution in [-0.2, 0) is 0 Å². The number of carbonyl (C=O) groups is 1. The fourth-order valence-electron chi connectivity index (χ4n) is 1.15. The second-order valence-corrected chi connectivity index (χ2v) is 4.42. The van der Waals surface area contributed by atoms with Crippen LogP contribution in [0.1, 0.15) is 10.5 Å². The summed E-state index contributed by atoms with van der Waals surface area (Å²) in [5.41, 5.74) is 0.336. The number of phenols is 1. The predicted octanol–water partition coefficient (Wildman–Crippen LogP) is 2.94. The summed E-state index contributed by atoms with van der Waals surface area (Å²) in [5.74, 6) is -1.08. The quantitative estimate of drug-likeness (QED) is 0.747. The molecule has 1 aromatic heterocycles. The first kappa shape index (κ1) is 11.7. The maximum absolute atomic E-state index is 10.6. The van der Waals surface area contributed by atoms with Crippen molar-refractivity contribution in [1.82, 2.24) is 4.98 Å². The summed E-state index contributed by atoms with van der Waals surface area (Å²) in [4.78, 5) is 14.5. The highest BCUT2D eigenvalue weighted by atomic mass is 35.5. The normalized spacial score (nSPS) is 10.2. The van der Waals surface area contributed by atoms with E-state index in [-0.39, 0.29) is 11.4 Å². The Bertz CT molecular complexity index is 570. The van der Waals surface area contributed by atoms with Gasteiger partial charge in [-0.05, 0) is 18.2 Å². The second-order valence-electron chi connectivity index (χ2n) is 3.13. The van der Waals surface area contributed by atoms with Crippen LogP contribution in [0.25, 0.3) is 0 Å². The molecule has 7 heteroatoms. The molecular weight excluding hydrogens is 264 g/mol. The number of carboxylic acids is 1. The number of carboxylic acid groups (broad SMARTS) is 1. The van der Waals surface area contributed by atoms with E-state index in [9.17, 15) is 9.90 Å². The fourth-order valence-corrected chi connectivity index (χ4v) is 2.02. The standard InChI is InChI=1S/C10H7ClN2O3S/c11-5-1-2-8(14)6(3-5)12-10-13-7(4-17-10)9(15)16/h1-4,14H,(H,12,13)(H,15,16). The summed E-state index contributed by atoms with van der Waals surface area (Å²) >= 11 is 6.91. The molecule has 3 N–H and O–H groups in total. The summed E-state index contributed by atoms with van der Waals surface area (Å²) < 4.78 is 0. The van der Waals surface area contributed by atoms with E-state index in [2.05, 4.69) is 10.3 Å². The molecule has 0 aliphatic rings. The first-order valence-electron chi connectivity index (χ1n) is 4.50. The second kappa shape index (κ2) is 4.60. The highest BCUT2D eigenvalue weighted by molar-refractivity contribution is 7.14. The van der Waals surface area contributed by atoms with Crippen LogP contribution in [0.3, 0.4) is 0 Å². The molecule has 5 nitrogen and oxygen atoms in total. The topological polar surface area (TPSA) is 82.5 Å². The average Bonchev–Trinajstić information content (AvgIpc) is 2.72. The number of phenolic OH excluding ortho intramolecular Hbond substituents is 1. The minimum atomic E-state index is -1.09. The van der Waals surface area contributed by atoms with Crippen molar-refractivity contribution in [2.75, 3.05) is 5.32 Å². The van der Waals surface area contributed by atoms with Gasteiger partial charge >= 0.3 is 5.97 Å². The number of hydrogen-bond donors (Lipinski definition) is 3. The van der Waals surface area contributed by atoms with E-state index in [1.165, 1.54) is 17.5 Å². The molecule has 0 spiro atoms. The number of aromatic carboxylic acids is 1. The van der Waals surface area contributed by atoms with Gasteiger partial charge in [0.2, 0.25) is 0 Å². The first-order valence-corrected chi connectivity index (χ1v) is 5.76. The van der Waals surface area contributed by atoms with Crippen molar-refractivity contribution in [3.63, 3.8) is 0 Å². The van der Waals surface area contributed by atoms with Crippen LogP contribution >= 0.6 is 22.9 Å². The van der Waals surface area contributed by atoms with Crippen molar-refractivity contribution in [3.05, 3.63) is 34.3 Å². The summed E-state index contributed by atoms with van der Waals surface area (Å²) in [5, 5.41) is 23.3. The third kappa shape index (κ3) is 2.66. The van der Waals surface area contributed by atoms with Gasteiger partial charge < -0.3 is 15.5 Å². The lowest BCUT2D eigenvalue weighted by Gasteiger charge is -2.05. The van der Waals surface area contributed by atoms with E-state index in [1.54, 1.807) is 6.07 Å². The lowest BCUT2D eigenvalue weighted by Crippen LogP contribution is -1.97. The smallest absolute Gasteiger partial charge is 0.355 e. The Morgan fingerprint density at radius 3 is 2.88 bits per heavy atom. The Kier molecular flexibility index (Phi) is 3.16. The molecule has 0 bridgehead atoms. The van der Waals surface area contributed by atoms with Gasteiger partial charge in [0, 0.05) is 10.4 Å². The SMILES string of the molecule is O=C(O)c1csc(Nc2cc(Cl)ccc2O)n1. The number of halogens is 1. The highest BCUT2D eigenvalue weighted by Crippen LogP contribution is 2.30. The molecule has 2 aromatic rings. The lowest BCUT2D eigenvalue weighted by molar-refractivity contribution is 0.0691. The van der Waals surface area contributed by atoms with Crippen LogP contribution in [0.2, 0.25) is 5.02 Å². The zero-order chi connectivity index (χ0) is 12.4. The molecular formula is C10H7ClN2O3S. The summed E-state index contributed by atoms with van der Waals surface area (Å²) in [6, 6.07) is 4.52. The maximum Gasteiger partial charge on any atom is 0.355 e. The average molecular weight is 271 g/mol. The number of hydrogen-bond acceptors (Lipinski definition) is 5. The molecule has 0 radical (unpaired) electrons. The van der Waals surface area contributed by atoms with Gasteiger partial charge in [-0.3, -0.25) is 0 Å².